The van der Waals surface area contributed by atoms with Crippen LogP contribution in [0.15, 0.2) is 48.5 Å². The van der Waals surface area contributed by atoms with Crippen molar-refractivity contribution in [2.75, 3.05) is 58.4 Å². The second-order valence-corrected chi connectivity index (χ2v) is 9.89. The first kappa shape index (κ1) is 27.3. The van der Waals surface area contributed by atoms with Gasteiger partial charge < -0.3 is 14.4 Å². The van der Waals surface area contributed by atoms with Gasteiger partial charge in [-0.15, -0.1) is 0 Å². The molecular formula is C28H36F3N3O3. The minimum absolute atomic E-state index is 0.196. The number of methoxy groups -OCH3 is 2. The predicted molar refractivity (Wildman–Crippen MR) is 137 cm³/mol. The van der Waals surface area contributed by atoms with E-state index in [4.69, 9.17) is 9.47 Å². The van der Waals surface area contributed by atoms with Gasteiger partial charge in [-0.1, -0.05) is 18.2 Å². The van der Waals surface area contributed by atoms with Gasteiger partial charge in [-0.05, 0) is 61.2 Å². The van der Waals surface area contributed by atoms with Crippen LogP contribution in [0, 0.1) is 5.92 Å². The topological polar surface area (TPSA) is 45.2 Å². The van der Waals surface area contributed by atoms with Crippen molar-refractivity contribution in [1.29, 1.82) is 0 Å². The van der Waals surface area contributed by atoms with Gasteiger partial charge in [0.25, 0.3) is 0 Å². The fraction of sp³-hybridized carbons (Fsp3) is 0.536. The molecule has 2 atom stereocenters. The number of esters is 1. The molecule has 2 aliphatic heterocycles. The van der Waals surface area contributed by atoms with Crippen LogP contribution in [0.5, 0.6) is 5.75 Å². The third-order valence-corrected chi connectivity index (χ3v) is 7.59. The molecule has 0 aromatic heterocycles. The van der Waals surface area contributed by atoms with E-state index in [2.05, 4.69) is 21.9 Å². The number of anilines is 1. The molecule has 0 unspecified atom stereocenters. The van der Waals surface area contributed by atoms with Crippen LogP contribution in [0.25, 0.3) is 0 Å². The van der Waals surface area contributed by atoms with E-state index in [0.29, 0.717) is 37.2 Å². The number of hydrogen-bond donors (Lipinski definition) is 0. The Hall–Kier alpha value is -2.78. The number of carbonyl (C=O) groups excluding carboxylic acids is 1. The lowest BCUT2D eigenvalue weighted by molar-refractivity contribution is -0.141. The maximum absolute atomic E-state index is 13.2. The summed E-state index contributed by atoms with van der Waals surface area (Å²) < 4.78 is 49.8. The maximum atomic E-state index is 13.2. The summed E-state index contributed by atoms with van der Waals surface area (Å²) in [5, 5.41) is 0. The van der Waals surface area contributed by atoms with Gasteiger partial charge in [0.15, 0.2) is 0 Å². The van der Waals surface area contributed by atoms with Crippen LogP contribution in [-0.4, -0.2) is 75.3 Å². The second-order valence-electron chi connectivity index (χ2n) is 9.89. The minimum atomic E-state index is -4.34. The summed E-state index contributed by atoms with van der Waals surface area (Å²) in [7, 11) is 3.09. The van der Waals surface area contributed by atoms with Crippen LogP contribution in [0.2, 0.25) is 0 Å². The molecule has 0 radical (unpaired) electrons. The Morgan fingerprint density at radius 2 is 1.76 bits per heavy atom. The van der Waals surface area contributed by atoms with Crippen molar-refractivity contribution in [3.63, 3.8) is 0 Å². The molecule has 37 heavy (non-hydrogen) atoms. The zero-order chi connectivity index (χ0) is 26.4. The van der Waals surface area contributed by atoms with E-state index in [9.17, 15) is 18.0 Å². The third-order valence-electron chi connectivity index (χ3n) is 7.59. The summed E-state index contributed by atoms with van der Waals surface area (Å²) in [5.74, 6) is 0.949. The number of halogens is 3. The molecule has 0 saturated carbocycles. The summed E-state index contributed by atoms with van der Waals surface area (Å²) in [5.41, 5.74) is 1.20. The summed E-state index contributed by atoms with van der Waals surface area (Å²) in [4.78, 5) is 18.9. The highest BCUT2D eigenvalue weighted by molar-refractivity contribution is 5.69. The first-order valence-corrected chi connectivity index (χ1v) is 12.8. The van der Waals surface area contributed by atoms with Gasteiger partial charge in [-0.25, -0.2) is 0 Å². The Kier molecular flexibility index (Phi) is 8.97. The van der Waals surface area contributed by atoms with E-state index in [0.717, 1.165) is 57.4 Å². The Balaban J connectivity index is 1.39. The number of nitrogens with zero attached hydrogens (tertiary/aromatic N) is 3. The number of benzene rings is 2. The third kappa shape index (κ3) is 7.17. The molecule has 0 amide bonds. The molecule has 2 heterocycles. The first-order valence-electron chi connectivity index (χ1n) is 12.8. The highest BCUT2D eigenvalue weighted by atomic mass is 19.4. The van der Waals surface area contributed by atoms with Crippen molar-refractivity contribution in [2.24, 2.45) is 5.92 Å². The number of carbonyl (C=O) groups is 1. The van der Waals surface area contributed by atoms with Gasteiger partial charge in [0.05, 0.1) is 19.8 Å². The van der Waals surface area contributed by atoms with Crippen LogP contribution in [0.3, 0.4) is 0 Å². The SMILES string of the molecule is COC(=O)CC[C@H]1CN(Cc2cccc(OC)c2)CC[C@H]1N1CCN(c2cccc(C(F)(F)F)c2)CC1. The molecule has 2 aromatic carbocycles. The van der Waals surface area contributed by atoms with E-state index < -0.39 is 11.7 Å². The average molecular weight is 520 g/mol. The van der Waals surface area contributed by atoms with Gasteiger partial charge in [0.2, 0.25) is 0 Å². The largest absolute Gasteiger partial charge is 0.497 e. The monoisotopic (exact) mass is 519 g/mol. The van der Waals surface area contributed by atoms with Crippen molar-refractivity contribution in [1.82, 2.24) is 9.80 Å². The predicted octanol–water partition coefficient (Wildman–Crippen LogP) is 4.68. The number of likely N-dealkylation sites (tertiary alicyclic amines) is 1. The zero-order valence-electron chi connectivity index (χ0n) is 21.5. The van der Waals surface area contributed by atoms with Crippen LogP contribution in [-0.2, 0) is 22.3 Å². The number of piperazine rings is 1. The van der Waals surface area contributed by atoms with Crippen molar-refractivity contribution >= 4 is 11.7 Å². The highest BCUT2D eigenvalue weighted by Gasteiger charge is 2.35. The molecule has 0 spiro atoms. The summed E-state index contributed by atoms with van der Waals surface area (Å²) in [6.07, 6.45) is -2.22. The lowest BCUT2D eigenvalue weighted by Gasteiger charge is -2.47. The molecule has 2 aromatic rings. The molecule has 2 aliphatic rings. The molecule has 0 aliphatic carbocycles. The van der Waals surface area contributed by atoms with Crippen LogP contribution in [0.1, 0.15) is 30.4 Å². The minimum Gasteiger partial charge on any atom is -0.497 e. The zero-order valence-corrected chi connectivity index (χ0v) is 21.5. The Morgan fingerprint density at radius 3 is 2.46 bits per heavy atom. The Morgan fingerprint density at radius 1 is 1.00 bits per heavy atom. The quantitative estimate of drug-likeness (QED) is 0.472. The van der Waals surface area contributed by atoms with Gasteiger partial charge in [-0.2, -0.15) is 13.2 Å². The van der Waals surface area contributed by atoms with Gasteiger partial charge in [-0.3, -0.25) is 14.6 Å². The fourth-order valence-electron chi connectivity index (χ4n) is 5.63. The number of hydrogen-bond acceptors (Lipinski definition) is 6. The van der Waals surface area contributed by atoms with Crippen LogP contribution in [0.4, 0.5) is 18.9 Å². The molecule has 2 saturated heterocycles. The number of alkyl halides is 3. The normalized spacial score (nSPS) is 21.6. The number of ether oxygens (including phenoxy) is 2. The van der Waals surface area contributed by atoms with Crippen LogP contribution >= 0.6 is 0 Å². The van der Waals surface area contributed by atoms with Gasteiger partial charge in [0, 0.05) is 57.4 Å². The first-order chi connectivity index (χ1) is 17.8. The second kappa shape index (κ2) is 12.2. The summed E-state index contributed by atoms with van der Waals surface area (Å²) >= 11 is 0. The molecule has 4 rings (SSSR count). The van der Waals surface area contributed by atoms with E-state index in [1.54, 1.807) is 13.2 Å². The molecule has 202 valence electrons. The Bertz CT molecular complexity index is 1040. The van der Waals surface area contributed by atoms with Gasteiger partial charge >= 0.3 is 12.1 Å². The average Bonchev–Trinajstić information content (AvgIpc) is 2.91. The van der Waals surface area contributed by atoms with Gasteiger partial charge in [0.1, 0.15) is 5.75 Å². The smallest absolute Gasteiger partial charge is 0.416 e. The van der Waals surface area contributed by atoms with Crippen LogP contribution < -0.4 is 9.64 Å². The fourth-order valence-corrected chi connectivity index (χ4v) is 5.63. The molecule has 6 nitrogen and oxygen atoms in total. The maximum Gasteiger partial charge on any atom is 0.416 e. The summed E-state index contributed by atoms with van der Waals surface area (Å²) in [6, 6.07) is 14.0. The lowest BCUT2D eigenvalue weighted by atomic mass is 9.86. The van der Waals surface area contributed by atoms with E-state index in [1.807, 2.05) is 17.0 Å². The van der Waals surface area contributed by atoms with Crippen molar-refractivity contribution in [2.45, 2.75) is 38.0 Å². The van der Waals surface area contributed by atoms with E-state index in [1.165, 1.54) is 24.8 Å². The number of rotatable bonds is 8. The molecule has 0 N–H and O–H groups in total. The molecular weight excluding hydrogens is 483 g/mol. The molecule has 9 heteroatoms. The van der Waals surface area contributed by atoms with Crippen molar-refractivity contribution in [3.05, 3.63) is 59.7 Å². The highest BCUT2D eigenvalue weighted by Crippen LogP contribution is 2.33. The lowest BCUT2D eigenvalue weighted by Crippen LogP contribution is -2.56. The van der Waals surface area contributed by atoms with E-state index in [-0.39, 0.29) is 5.97 Å². The number of piperidine rings is 1. The van der Waals surface area contributed by atoms with Crippen molar-refractivity contribution in [3.8, 4) is 5.75 Å². The van der Waals surface area contributed by atoms with E-state index >= 15 is 0 Å². The molecule has 2 fully saturated rings. The molecule has 0 bridgehead atoms. The van der Waals surface area contributed by atoms with Crippen molar-refractivity contribution < 1.29 is 27.4 Å². The summed E-state index contributed by atoms with van der Waals surface area (Å²) in [6.45, 7) is 5.57. The standard InChI is InChI=1S/C28H36F3N3O3/c1-36-25-8-3-5-21(17-25)19-32-12-11-26(22(20-32)9-10-27(35)37-2)34-15-13-33(14-16-34)24-7-4-6-23(18-24)28(29,30)31/h3-8,17-18,22,26H,9-16,19-20H2,1-2H3/t22-,26+/m0/s1. The Labute approximate surface area is 216 Å².